The van der Waals surface area contributed by atoms with Gasteiger partial charge in [0.15, 0.2) is 0 Å². The Morgan fingerprint density at radius 2 is 1.88 bits per heavy atom. The Morgan fingerprint density at radius 1 is 1.18 bits per heavy atom. The summed E-state index contributed by atoms with van der Waals surface area (Å²) in [6.45, 7) is 10.5. The third-order valence-electron chi connectivity index (χ3n) is 5.67. The van der Waals surface area contributed by atoms with E-state index in [9.17, 15) is 14.4 Å². The summed E-state index contributed by atoms with van der Waals surface area (Å²) in [4.78, 5) is 39.4. The Bertz CT molecular complexity index is 854. The van der Waals surface area contributed by atoms with Gasteiger partial charge in [-0.3, -0.25) is 9.69 Å². The number of rotatable bonds is 9. The first-order valence-electron chi connectivity index (χ1n) is 11.9. The molecule has 0 saturated carbocycles. The number of fused-ring (bicyclic) bond motifs is 1. The van der Waals surface area contributed by atoms with Crippen LogP contribution in [0.4, 0.5) is 9.59 Å². The zero-order valence-electron chi connectivity index (χ0n) is 20.7. The number of morpholine rings is 1. The molecule has 2 aliphatic rings. The number of carbonyl (C=O) groups is 3. The average molecular weight is 476 g/mol. The van der Waals surface area contributed by atoms with Crippen molar-refractivity contribution >= 4 is 18.1 Å². The number of carbonyl (C=O) groups excluding carboxylic acids is 3. The largest absolute Gasteiger partial charge is 0.445 e. The molecule has 0 aromatic heterocycles. The highest BCUT2D eigenvalue weighted by Gasteiger charge is 2.56. The molecule has 1 aromatic carbocycles. The predicted molar refractivity (Wildman–Crippen MR) is 126 cm³/mol. The third-order valence-corrected chi connectivity index (χ3v) is 5.67. The van der Waals surface area contributed by atoms with Gasteiger partial charge in [-0.1, -0.05) is 44.2 Å². The fourth-order valence-electron chi connectivity index (χ4n) is 4.08. The molecular formula is C25H37N3O6. The molecule has 0 spiro atoms. The first kappa shape index (κ1) is 25.8. The van der Waals surface area contributed by atoms with Crippen molar-refractivity contribution < 1.29 is 28.6 Å². The minimum Gasteiger partial charge on any atom is -0.445 e. The smallest absolute Gasteiger partial charge is 0.410 e. The van der Waals surface area contributed by atoms with Crippen LogP contribution < -0.4 is 10.6 Å². The Labute approximate surface area is 201 Å². The maximum absolute atomic E-state index is 12.8. The molecule has 4 atom stereocenters. The predicted octanol–water partition coefficient (Wildman–Crippen LogP) is 3.22. The van der Waals surface area contributed by atoms with Crippen LogP contribution in [0.5, 0.6) is 0 Å². The Balaban J connectivity index is 1.48. The van der Waals surface area contributed by atoms with Gasteiger partial charge in [0.2, 0.25) is 5.91 Å². The molecule has 2 unspecified atom stereocenters. The summed E-state index contributed by atoms with van der Waals surface area (Å²) in [5.74, 6) is -0.0799. The van der Waals surface area contributed by atoms with E-state index >= 15 is 0 Å². The van der Waals surface area contributed by atoms with E-state index in [0.717, 1.165) is 5.56 Å². The van der Waals surface area contributed by atoms with Crippen molar-refractivity contribution in [3.63, 3.8) is 0 Å². The number of nitrogens with one attached hydrogen (secondary N) is 2. The number of ether oxygens (including phenoxy) is 3. The summed E-state index contributed by atoms with van der Waals surface area (Å²) in [6.07, 6.45) is 0.0582. The molecule has 0 aliphatic carbocycles. The summed E-state index contributed by atoms with van der Waals surface area (Å²) in [6, 6.07) is 8.50. The maximum atomic E-state index is 12.8. The van der Waals surface area contributed by atoms with E-state index < -0.39 is 17.7 Å². The van der Waals surface area contributed by atoms with Gasteiger partial charge in [0.1, 0.15) is 30.5 Å². The molecule has 9 nitrogen and oxygen atoms in total. The van der Waals surface area contributed by atoms with Crippen molar-refractivity contribution in [2.45, 2.75) is 84.0 Å². The van der Waals surface area contributed by atoms with Crippen LogP contribution in [0.1, 0.15) is 53.0 Å². The number of amides is 3. The molecule has 3 amide bonds. The number of benzene rings is 1. The maximum Gasteiger partial charge on any atom is 0.410 e. The van der Waals surface area contributed by atoms with E-state index in [2.05, 4.69) is 10.6 Å². The van der Waals surface area contributed by atoms with Crippen molar-refractivity contribution in [1.29, 1.82) is 0 Å². The zero-order valence-corrected chi connectivity index (χ0v) is 20.7. The minimum absolute atomic E-state index is 0.0121. The highest BCUT2D eigenvalue weighted by molar-refractivity contribution is 5.85. The van der Waals surface area contributed by atoms with Crippen LogP contribution in [0.25, 0.3) is 0 Å². The second-order valence-corrected chi connectivity index (χ2v) is 10.3. The van der Waals surface area contributed by atoms with Crippen molar-refractivity contribution in [3.8, 4) is 0 Å². The van der Waals surface area contributed by atoms with Crippen molar-refractivity contribution in [2.24, 2.45) is 5.92 Å². The summed E-state index contributed by atoms with van der Waals surface area (Å²) >= 11 is 0. The molecule has 188 valence electrons. The quantitative estimate of drug-likeness (QED) is 0.531. The van der Waals surface area contributed by atoms with Gasteiger partial charge in [0.25, 0.3) is 0 Å². The van der Waals surface area contributed by atoms with Crippen LogP contribution in [-0.2, 0) is 25.6 Å². The van der Waals surface area contributed by atoms with Gasteiger partial charge in [0, 0.05) is 6.54 Å². The Kier molecular flexibility index (Phi) is 8.41. The summed E-state index contributed by atoms with van der Waals surface area (Å²) in [5.41, 5.74) is 0.295. The van der Waals surface area contributed by atoms with Crippen LogP contribution in [0.15, 0.2) is 30.3 Å². The van der Waals surface area contributed by atoms with Crippen LogP contribution in [-0.4, -0.2) is 66.0 Å². The molecule has 2 N–H and O–H groups in total. The van der Waals surface area contributed by atoms with Gasteiger partial charge in [-0.25, -0.2) is 9.59 Å². The lowest BCUT2D eigenvalue weighted by Gasteiger charge is -2.30. The monoisotopic (exact) mass is 475 g/mol. The first-order valence-corrected chi connectivity index (χ1v) is 11.9. The van der Waals surface area contributed by atoms with Gasteiger partial charge < -0.3 is 24.8 Å². The fourth-order valence-corrected chi connectivity index (χ4v) is 4.08. The number of epoxide rings is 1. The molecule has 2 saturated heterocycles. The molecule has 0 bridgehead atoms. The first-order chi connectivity index (χ1) is 16.0. The van der Waals surface area contributed by atoms with E-state index in [1.807, 2.05) is 65.0 Å². The molecule has 2 heterocycles. The van der Waals surface area contributed by atoms with E-state index in [1.165, 1.54) is 0 Å². The topological polar surface area (TPSA) is 109 Å². The minimum atomic E-state index is -0.710. The van der Waals surface area contributed by atoms with Crippen LogP contribution in [0.2, 0.25) is 0 Å². The SMILES string of the molecule is CC(C)C[C@H](NC(=O)OCc1ccccc1)C(=O)NCC[C@@H]1C2OC2CN1C(=O)OC(C)(C)C. The average Bonchev–Trinajstić information content (AvgIpc) is 3.43. The molecule has 0 radical (unpaired) electrons. The summed E-state index contributed by atoms with van der Waals surface area (Å²) < 4.78 is 16.4. The number of likely N-dealkylation sites (tertiary alicyclic amines) is 1. The summed E-state index contributed by atoms with van der Waals surface area (Å²) in [5, 5.41) is 5.58. The van der Waals surface area contributed by atoms with E-state index in [4.69, 9.17) is 14.2 Å². The molecule has 2 aliphatic heterocycles. The number of nitrogens with zero attached hydrogens (tertiary/aromatic N) is 1. The van der Waals surface area contributed by atoms with E-state index in [-0.39, 0.29) is 42.8 Å². The lowest BCUT2D eigenvalue weighted by Crippen LogP contribution is -2.49. The van der Waals surface area contributed by atoms with E-state index in [0.29, 0.717) is 25.9 Å². The second kappa shape index (κ2) is 11.1. The van der Waals surface area contributed by atoms with Crippen LogP contribution in [0.3, 0.4) is 0 Å². The fraction of sp³-hybridized carbons (Fsp3) is 0.640. The molecule has 34 heavy (non-hydrogen) atoms. The van der Waals surface area contributed by atoms with Crippen molar-refractivity contribution in [2.75, 3.05) is 13.1 Å². The molecule has 3 rings (SSSR count). The van der Waals surface area contributed by atoms with Gasteiger partial charge in [-0.2, -0.15) is 0 Å². The molecule has 9 heteroatoms. The van der Waals surface area contributed by atoms with Crippen molar-refractivity contribution in [3.05, 3.63) is 35.9 Å². The molecule has 1 aromatic rings. The standard InChI is InChI=1S/C25H37N3O6/c1-16(2)13-18(27-23(30)32-15-17-9-7-6-8-10-17)22(29)26-12-11-19-21-20(33-21)14-28(19)24(31)34-25(3,4)5/h6-10,16,18-21H,11-15H2,1-5H3,(H,26,29)(H,27,30)/t18-,19+,20?,21?/m0/s1. The van der Waals surface area contributed by atoms with Crippen molar-refractivity contribution in [1.82, 2.24) is 15.5 Å². The Hall–Kier alpha value is -2.81. The highest BCUT2D eigenvalue weighted by atomic mass is 16.6. The Morgan fingerprint density at radius 3 is 2.53 bits per heavy atom. The lowest BCUT2D eigenvalue weighted by atomic mass is 10.0. The summed E-state index contributed by atoms with van der Waals surface area (Å²) in [7, 11) is 0. The second-order valence-electron chi connectivity index (χ2n) is 10.3. The normalized spacial score (nSPS) is 22.1. The molecular weight excluding hydrogens is 438 g/mol. The third kappa shape index (κ3) is 7.62. The zero-order chi connectivity index (χ0) is 24.9. The van der Waals surface area contributed by atoms with Gasteiger partial charge >= 0.3 is 12.2 Å². The van der Waals surface area contributed by atoms with E-state index in [1.54, 1.807) is 4.90 Å². The van der Waals surface area contributed by atoms with Gasteiger partial charge in [0.05, 0.1) is 12.6 Å². The number of hydrogen-bond acceptors (Lipinski definition) is 6. The van der Waals surface area contributed by atoms with Crippen LogP contribution >= 0.6 is 0 Å². The lowest BCUT2D eigenvalue weighted by molar-refractivity contribution is -0.123. The van der Waals surface area contributed by atoms with Gasteiger partial charge in [-0.15, -0.1) is 0 Å². The molecule has 2 fully saturated rings. The van der Waals surface area contributed by atoms with Crippen LogP contribution in [0, 0.1) is 5.92 Å². The highest BCUT2D eigenvalue weighted by Crippen LogP contribution is 2.38. The number of alkyl carbamates (subject to hydrolysis) is 1. The van der Waals surface area contributed by atoms with Gasteiger partial charge in [-0.05, 0) is 45.1 Å². The number of hydrogen-bond donors (Lipinski definition) is 2.